The number of unbranched alkanes of at least 4 members (excludes halogenated alkanes) is 32. The lowest BCUT2D eigenvalue weighted by Crippen LogP contribution is -2.30. The first-order valence-corrected chi connectivity index (χ1v) is 27.4. The predicted molar refractivity (Wildman–Crippen MR) is 275 cm³/mol. The lowest BCUT2D eigenvalue weighted by Gasteiger charge is -2.18. The molecule has 0 spiro atoms. The molecule has 0 aliphatic carbocycles. The molecule has 1 atom stereocenters. The first-order valence-electron chi connectivity index (χ1n) is 27.4. The van der Waals surface area contributed by atoms with Gasteiger partial charge < -0.3 is 14.2 Å². The molecule has 64 heavy (non-hydrogen) atoms. The fraction of sp³-hybridized carbons (Fsp3) is 0.776. The van der Waals surface area contributed by atoms with E-state index in [2.05, 4.69) is 57.2 Å². The Bertz CT molecular complexity index is 1170. The first kappa shape index (κ1) is 61.1. The Morgan fingerprint density at radius 2 is 0.594 bits per heavy atom. The summed E-state index contributed by atoms with van der Waals surface area (Å²) in [5.41, 5.74) is 0. The van der Waals surface area contributed by atoms with Crippen LogP contribution >= 0.6 is 0 Å². The Morgan fingerprint density at radius 1 is 0.312 bits per heavy atom. The second-order valence-corrected chi connectivity index (χ2v) is 18.3. The average Bonchev–Trinajstić information content (AvgIpc) is 3.29. The highest BCUT2D eigenvalue weighted by molar-refractivity contribution is 5.71. The number of rotatable bonds is 49. The van der Waals surface area contributed by atoms with Gasteiger partial charge in [-0.25, -0.2) is 0 Å². The molecule has 6 heteroatoms. The minimum absolute atomic E-state index is 0.0793. The van der Waals surface area contributed by atoms with Gasteiger partial charge in [0.15, 0.2) is 6.10 Å². The number of carbonyl (C=O) groups excluding carboxylic acids is 3. The van der Waals surface area contributed by atoms with Crippen molar-refractivity contribution in [2.45, 2.75) is 277 Å². The van der Waals surface area contributed by atoms with Crippen molar-refractivity contribution in [3.63, 3.8) is 0 Å². The van der Waals surface area contributed by atoms with Crippen molar-refractivity contribution in [3.8, 4) is 0 Å². The SMILES string of the molecule is CCC\C=C/C=C\C=C/C=C\C=C/CCCCCCCC(=O)OCC(COC(=O)CCCCCCCCCCCC)OC(=O)CCCCCCCCCCCCCCCCCCCC. The molecule has 0 N–H and O–H groups in total. The molecule has 0 radical (unpaired) electrons. The van der Waals surface area contributed by atoms with Crippen LogP contribution in [-0.2, 0) is 28.6 Å². The summed E-state index contributed by atoms with van der Waals surface area (Å²) in [7, 11) is 0. The van der Waals surface area contributed by atoms with Crippen molar-refractivity contribution >= 4 is 17.9 Å². The van der Waals surface area contributed by atoms with E-state index in [1.807, 2.05) is 24.3 Å². The van der Waals surface area contributed by atoms with Crippen LogP contribution in [0, 0.1) is 0 Å². The summed E-state index contributed by atoms with van der Waals surface area (Å²) in [6, 6.07) is 0. The lowest BCUT2D eigenvalue weighted by molar-refractivity contribution is -0.167. The zero-order valence-corrected chi connectivity index (χ0v) is 42.3. The van der Waals surface area contributed by atoms with E-state index in [-0.39, 0.29) is 31.1 Å². The van der Waals surface area contributed by atoms with Crippen LogP contribution in [0.4, 0.5) is 0 Å². The minimum atomic E-state index is -0.780. The van der Waals surface area contributed by atoms with Crippen molar-refractivity contribution in [1.82, 2.24) is 0 Å². The molecule has 0 fully saturated rings. The van der Waals surface area contributed by atoms with Gasteiger partial charge in [0.25, 0.3) is 0 Å². The highest BCUT2D eigenvalue weighted by Gasteiger charge is 2.19. The molecule has 0 bridgehead atoms. The van der Waals surface area contributed by atoms with Gasteiger partial charge in [0, 0.05) is 19.3 Å². The van der Waals surface area contributed by atoms with E-state index in [4.69, 9.17) is 14.2 Å². The Balaban J connectivity index is 4.36. The lowest BCUT2D eigenvalue weighted by atomic mass is 10.0. The van der Waals surface area contributed by atoms with Crippen molar-refractivity contribution in [2.75, 3.05) is 13.2 Å². The van der Waals surface area contributed by atoms with Crippen molar-refractivity contribution in [1.29, 1.82) is 0 Å². The summed E-state index contributed by atoms with van der Waals surface area (Å²) in [5.74, 6) is -0.896. The van der Waals surface area contributed by atoms with Gasteiger partial charge in [-0.2, -0.15) is 0 Å². The van der Waals surface area contributed by atoms with Crippen molar-refractivity contribution in [3.05, 3.63) is 60.8 Å². The molecule has 1 unspecified atom stereocenters. The van der Waals surface area contributed by atoms with Gasteiger partial charge in [-0.1, -0.05) is 274 Å². The van der Waals surface area contributed by atoms with Gasteiger partial charge in [0.1, 0.15) is 13.2 Å². The zero-order valence-electron chi connectivity index (χ0n) is 42.3. The third-order valence-corrected chi connectivity index (χ3v) is 11.9. The van der Waals surface area contributed by atoms with E-state index >= 15 is 0 Å². The van der Waals surface area contributed by atoms with Gasteiger partial charge in [-0.15, -0.1) is 0 Å². The molecule has 0 rings (SSSR count). The molecule has 0 saturated heterocycles. The number of ether oxygens (including phenoxy) is 3. The van der Waals surface area contributed by atoms with E-state index in [0.717, 1.165) is 83.5 Å². The number of carbonyl (C=O) groups is 3. The van der Waals surface area contributed by atoms with Crippen LogP contribution in [0.2, 0.25) is 0 Å². The van der Waals surface area contributed by atoms with Crippen LogP contribution in [0.1, 0.15) is 271 Å². The van der Waals surface area contributed by atoms with Crippen molar-refractivity contribution < 1.29 is 28.6 Å². The maximum atomic E-state index is 12.8. The third kappa shape index (κ3) is 50.1. The fourth-order valence-electron chi connectivity index (χ4n) is 7.77. The second-order valence-electron chi connectivity index (χ2n) is 18.3. The first-order chi connectivity index (χ1) is 31.5. The Kier molecular flexibility index (Phi) is 50.4. The van der Waals surface area contributed by atoms with Crippen LogP contribution in [0.25, 0.3) is 0 Å². The minimum Gasteiger partial charge on any atom is -0.462 e. The Labute approximate surface area is 396 Å². The highest BCUT2D eigenvalue weighted by atomic mass is 16.6. The summed E-state index contributed by atoms with van der Waals surface area (Å²) in [6.07, 6.45) is 64.9. The maximum absolute atomic E-state index is 12.8. The molecule has 6 nitrogen and oxygen atoms in total. The van der Waals surface area contributed by atoms with E-state index in [1.54, 1.807) is 0 Å². The van der Waals surface area contributed by atoms with Crippen LogP contribution in [-0.4, -0.2) is 37.2 Å². The molecule has 370 valence electrons. The van der Waals surface area contributed by atoms with Gasteiger partial charge in [0.05, 0.1) is 0 Å². The number of hydrogen-bond acceptors (Lipinski definition) is 6. The predicted octanol–water partition coefficient (Wildman–Crippen LogP) is 18.0. The number of hydrogen-bond donors (Lipinski definition) is 0. The Hall–Kier alpha value is -2.89. The molecular weight excluding hydrogens is 793 g/mol. The van der Waals surface area contributed by atoms with Gasteiger partial charge >= 0.3 is 17.9 Å². The largest absolute Gasteiger partial charge is 0.462 e. The molecule has 0 aromatic carbocycles. The summed E-state index contributed by atoms with van der Waals surface area (Å²) < 4.78 is 16.8. The summed E-state index contributed by atoms with van der Waals surface area (Å²) in [5, 5.41) is 0. The maximum Gasteiger partial charge on any atom is 0.306 e. The molecule has 0 heterocycles. The fourth-order valence-corrected chi connectivity index (χ4v) is 7.77. The zero-order chi connectivity index (χ0) is 46.5. The number of allylic oxidation sites excluding steroid dienone is 10. The van der Waals surface area contributed by atoms with Crippen LogP contribution < -0.4 is 0 Å². The quantitative estimate of drug-likeness (QED) is 0.0262. The highest BCUT2D eigenvalue weighted by Crippen LogP contribution is 2.16. The van der Waals surface area contributed by atoms with Crippen LogP contribution in [0.5, 0.6) is 0 Å². The smallest absolute Gasteiger partial charge is 0.306 e. The second kappa shape index (κ2) is 52.7. The standard InChI is InChI=1S/C58H102O6/c1-4-7-10-13-16-19-22-24-26-28-30-32-34-36-39-42-45-48-51-57(60)63-54-55(53-62-56(59)50-47-44-41-38-21-18-15-12-9-6-3)64-58(61)52-49-46-43-40-37-35-33-31-29-27-25-23-20-17-14-11-8-5-2/h10,13,16,19,22,24,26,28,30,32,55H,4-9,11-12,14-15,17-18,20-21,23,25,27,29,31,33-54H2,1-3H3/b13-10-,19-16-,24-22-,28-26-,32-30-. The van der Waals surface area contributed by atoms with Gasteiger partial charge in [0.2, 0.25) is 0 Å². The molecular formula is C58H102O6. The molecule has 0 aliphatic heterocycles. The Morgan fingerprint density at radius 3 is 0.938 bits per heavy atom. The average molecular weight is 895 g/mol. The summed E-state index contributed by atoms with van der Waals surface area (Å²) >= 11 is 0. The third-order valence-electron chi connectivity index (χ3n) is 11.9. The van der Waals surface area contributed by atoms with E-state index in [9.17, 15) is 14.4 Å². The molecule has 0 saturated carbocycles. The van der Waals surface area contributed by atoms with E-state index in [1.165, 1.54) is 148 Å². The molecule has 0 amide bonds. The topological polar surface area (TPSA) is 78.9 Å². The molecule has 0 aromatic heterocycles. The van der Waals surface area contributed by atoms with E-state index < -0.39 is 6.10 Å². The normalized spacial score (nSPS) is 12.5. The monoisotopic (exact) mass is 895 g/mol. The van der Waals surface area contributed by atoms with Gasteiger partial charge in [-0.05, 0) is 38.5 Å². The van der Waals surface area contributed by atoms with E-state index in [0.29, 0.717) is 19.3 Å². The van der Waals surface area contributed by atoms with Crippen LogP contribution in [0.3, 0.4) is 0 Å². The summed E-state index contributed by atoms with van der Waals surface area (Å²) in [4.78, 5) is 38.0. The van der Waals surface area contributed by atoms with Crippen LogP contribution in [0.15, 0.2) is 60.8 Å². The van der Waals surface area contributed by atoms with Gasteiger partial charge in [-0.3, -0.25) is 14.4 Å². The van der Waals surface area contributed by atoms with Crippen molar-refractivity contribution in [2.24, 2.45) is 0 Å². The number of esters is 3. The molecule has 0 aromatic rings. The summed E-state index contributed by atoms with van der Waals surface area (Å²) in [6.45, 7) is 6.54. The molecule has 0 aliphatic rings.